The number of rotatable bonds is 18. The number of unbranched alkanes of at least 4 members (excludes halogenated alkanes) is 6. The molecule has 0 fully saturated rings. The minimum Gasteiger partial charge on any atom is -0.462 e. The predicted octanol–water partition coefficient (Wildman–Crippen LogP) is 5.22. The molecule has 0 aromatic rings. The Labute approximate surface area is 183 Å². The summed E-state index contributed by atoms with van der Waals surface area (Å²) in [6.07, 6.45) is 9.18. The molecule has 0 aliphatic rings. The Morgan fingerprint density at radius 3 is 1.63 bits per heavy atom. The molecule has 0 spiro atoms. The van der Waals surface area contributed by atoms with E-state index in [9.17, 15) is 22.6 Å². The number of hydrogen-bond acceptors (Lipinski definition) is 6. The summed E-state index contributed by atoms with van der Waals surface area (Å²) in [5, 5.41) is -1.95. The molecule has 0 rings (SSSR count). The van der Waals surface area contributed by atoms with Gasteiger partial charge < -0.3 is 9.47 Å². The molecule has 0 aromatic carbocycles. The Kier molecular flexibility index (Phi) is 15.9. The minimum atomic E-state index is -4.78. The molecular weight excluding hydrogens is 408 g/mol. The van der Waals surface area contributed by atoms with Crippen LogP contribution in [0, 0.1) is 0 Å². The first-order chi connectivity index (χ1) is 14.2. The summed E-state index contributed by atoms with van der Waals surface area (Å²) in [6, 6.07) is 0. The number of carbonyl (C=O) groups excluding carboxylic acids is 2. The first-order valence-corrected chi connectivity index (χ1v) is 13.1. The van der Waals surface area contributed by atoms with Gasteiger partial charge >= 0.3 is 11.9 Å². The van der Waals surface area contributed by atoms with Crippen LogP contribution in [-0.4, -0.2) is 42.4 Å². The third kappa shape index (κ3) is 13.2. The highest BCUT2D eigenvalue weighted by atomic mass is 32.2. The average molecular weight is 451 g/mol. The predicted molar refractivity (Wildman–Crippen MR) is 118 cm³/mol. The molecule has 30 heavy (non-hydrogen) atoms. The van der Waals surface area contributed by atoms with Gasteiger partial charge in [-0.25, -0.2) is 0 Å². The molecule has 0 bridgehead atoms. The minimum absolute atomic E-state index is 0.325. The Morgan fingerprint density at radius 2 is 1.23 bits per heavy atom. The first-order valence-electron chi connectivity index (χ1n) is 11.6. The zero-order valence-electron chi connectivity index (χ0n) is 19.2. The van der Waals surface area contributed by atoms with Crippen molar-refractivity contribution in [3.63, 3.8) is 0 Å². The van der Waals surface area contributed by atoms with Crippen molar-refractivity contribution in [2.24, 2.45) is 0 Å². The third-order valence-electron chi connectivity index (χ3n) is 5.23. The Bertz CT molecular complexity index is 574. The lowest BCUT2D eigenvalue weighted by atomic mass is 10.1. The van der Waals surface area contributed by atoms with E-state index in [2.05, 4.69) is 13.8 Å². The molecular formula is C22H42O7S. The van der Waals surface area contributed by atoms with E-state index in [-0.39, 0.29) is 6.10 Å². The zero-order valence-corrected chi connectivity index (χ0v) is 20.0. The van der Waals surface area contributed by atoms with Crippen LogP contribution in [0.3, 0.4) is 0 Å². The fourth-order valence-electron chi connectivity index (χ4n) is 3.23. The van der Waals surface area contributed by atoms with E-state index in [0.29, 0.717) is 25.7 Å². The van der Waals surface area contributed by atoms with Gasteiger partial charge in [0.25, 0.3) is 10.1 Å². The van der Waals surface area contributed by atoms with Crippen molar-refractivity contribution in [1.82, 2.24) is 0 Å². The van der Waals surface area contributed by atoms with Crippen LogP contribution in [0.2, 0.25) is 0 Å². The molecule has 0 aliphatic carbocycles. The quantitative estimate of drug-likeness (QED) is 0.173. The smallest absolute Gasteiger partial charge is 0.327 e. The fraction of sp³-hybridized carbons (Fsp3) is 0.909. The van der Waals surface area contributed by atoms with Crippen molar-refractivity contribution in [3.8, 4) is 0 Å². The fourth-order valence-corrected chi connectivity index (χ4v) is 3.87. The molecule has 3 atom stereocenters. The lowest BCUT2D eigenvalue weighted by molar-refractivity contribution is -0.156. The van der Waals surface area contributed by atoms with Crippen molar-refractivity contribution in [2.75, 3.05) is 0 Å². The topological polar surface area (TPSA) is 107 Å². The Balaban J connectivity index is 4.82. The molecule has 3 unspecified atom stereocenters. The van der Waals surface area contributed by atoms with Crippen LogP contribution in [0.4, 0.5) is 0 Å². The molecule has 178 valence electrons. The highest BCUT2D eigenvalue weighted by Crippen LogP contribution is 2.17. The van der Waals surface area contributed by atoms with Gasteiger partial charge in [0.05, 0.1) is 6.42 Å². The second-order valence-corrected chi connectivity index (χ2v) is 9.49. The van der Waals surface area contributed by atoms with E-state index in [1.807, 2.05) is 13.8 Å². The number of carbonyl (C=O) groups is 2. The van der Waals surface area contributed by atoms with Gasteiger partial charge in [0.1, 0.15) is 12.2 Å². The highest BCUT2D eigenvalue weighted by Gasteiger charge is 2.37. The highest BCUT2D eigenvalue weighted by molar-refractivity contribution is 7.87. The maximum absolute atomic E-state index is 12.4. The standard InChI is InChI=1S/C22H42O7S/c1-5-9-11-13-15-18(7-3)28-21(23)17-20(30(25,26)27)22(24)29-19(8-4)16-14-12-10-6-2/h18-20H,5-17H2,1-4H3,(H,25,26,27). The van der Waals surface area contributed by atoms with E-state index in [0.717, 1.165) is 51.4 Å². The second kappa shape index (κ2) is 16.5. The summed E-state index contributed by atoms with van der Waals surface area (Å²) >= 11 is 0. The number of hydrogen-bond donors (Lipinski definition) is 1. The van der Waals surface area contributed by atoms with E-state index < -0.39 is 39.8 Å². The van der Waals surface area contributed by atoms with Crippen molar-refractivity contribution >= 4 is 22.1 Å². The van der Waals surface area contributed by atoms with Crippen LogP contribution in [0.15, 0.2) is 0 Å². The molecule has 0 saturated heterocycles. The van der Waals surface area contributed by atoms with Gasteiger partial charge in [0.2, 0.25) is 0 Å². The van der Waals surface area contributed by atoms with Gasteiger partial charge in [-0.2, -0.15) is 8.42 Å². The van der Waals surface area contributed by atoms with E-state index >= 15 is 0 Å². The largest absolute Gasteiger partial charge is 0.462 e. The van der Waals surface area contributed by atoms with Crippen LogP contribution < -0.4 is 0 Å². The lowest BCUT2D eigenvalue weighted by Crippen LogP contribution is -2.37. The van der Waals surface area contributed by atoms with Gasteiger partial charge in [0.15, 0.2) is 5.25 Å². The van der Waals surface area contributed by atoms with Gasteiger partial charge in [-0.3, -0.25) is 14.1 Å². The summed E-state index contributed by atoms with van der Waals surface area (Å²) in [7, 11) is -4.78. The molecule has 0 aromatic heterocycles. The number of ether oxygens (including phenoxy) is 2. The summed E-state index contributed by atoms with van der Waals surface area (Å²) in [6.45, 7) is 7.94. The van der Waals surface area contributed by atoms with Crippen LogP contribution in [0.5, 0.6) is 0 Å². The molecule has 1 N–H and O–H groups in total. The Morgan fingerprint density at radius 1 is 0.767 bits per heavy atom. The van der Waals surface area contributed by atoms with Crippen LogP contribution in [0.1, 0.15) is 111 Å². The SMILES string of the molecule is CCCCCCC(CC)OC(=O)CC(C(=O)OC(CC)CCCCCC)S(=O)(=O)O. The third-order valence-corrected chi connectivity index (χ3v) is 6.30. The van der Waals surface area contributed by atoms with E-state index in [4.69, 9.17) is 9.47 Å². The molecule has 8 heteroatoms. The zero-order chi connectivity index (χ0) is 23.0. The van der Waals surface area contributed by atoms with Crippen LogP contribution in [-0.2, 0) is 29.2 Å². The lowest BCUT2D eigenvalue weighted by Gasteiger charge is -2.21. The maximum Gasteiger partial charge on any atom is 0.327 e. The molecule has 7 nitrogen and oxygen atoms in total. The van der Waals surface area contributed by atoms with Gasteiger partial charge in [-0.05, 0) is 38.5 Å². The van der Waals surface area contributed by atoms with E-state index in [1.54, 1.807) is 0 Å². The van der Waals surface area contributed by atoms with Crippen molar-refractivity contribution in [1.29, 1.82) is 0 Å². The maximum atomic E-state index is 12.4. The summed E-state index contributed by atoms with van der Waals surface area (Å²) in [5.41, 5.74) is 0. The van der Waals surface area contributed by atoms with E-state index in [1.165, 1.54) is 0 Å². The van der Waals surface area contributed by atoms with Gasteiger partial charge in [-0.1, -0.05) is 66.2 Å². The summed E-state index contributed by atoms with van der Waals surface area (Å²) in [4.78, 5) is 24.7. The van der Waals surface area contributed by atoms with Crippen molar-refractivity contribution < 1.29 is 32.0 Å². The van der Waals surface area contributed by atoms with Gasteiger partial charge in [0, 0.05) is 0 Å². The average Bonchev–Trinajstić information content (AvgIpc) is 2.69. The summed E-state index contributed by atoms with van der Waals surface area (Å²) < 4.78 is 43.6. The monoisotopic (exact) mass is 450 g/mol. The normalized spacial score (nSPS) is 14.7. The van der Waals surface area contributed by atoms with Crippen LogP contribution in [0.25, 0.3) is 0 Å². The molecule has 0 radical (unpaired) electrons. The Hall–Kier alpha value is -1.15. The summed E-state index contributed by atoms with van der Waals surface area (Å²) in [5.74, 6) is -1.90. The molecule has 0 aliphatic heterocycles. The molecule has 0 amide bonds. The molecule has 0 heterocycles. The van der Waals surface area contributed by atoms with Crippen molar-refractivity contribution in [3.05, 3.63) is 0 Å². The van der Waals surface area contributed by atoms with Crippen LogP contribution >= 0.6 is 0 Å². The second-order valence-electron chi connectivity index (χ2n) is 7.89. The van der Waals surface area contributed by atoms with Crippen molar-refractivity contribution in [2.45, 2.75) is 129 Å². The first kappa shape index (κ1) is 28.9. The van der Waals surface area contributed by atoms with Gasteiger partial charge in [-0.15, -0.1) is 0 Å². The number of esters is 2. The molecule has 0 saturated carbocycles.